The van der Waals surface area contributed by atoms with E-state index in [1.165, 1.54) is 25.7 Å². The number of para-hydroxylation sites is 1. The standard InChI is InChI=1S/C16H19N3/c1-2-3-4-5-10-15-18-14-11-17-13-9-7-6-8-12(13)16(14)19-15/h6-9,11H,2-5,10H2,1H3,(H,18,19). The molecule has 3 heteroatoms. The van der Waals surface area contributed by atoms with Crippen molar-refractivity contribution in [3.63, 3.8) is 0 Å². The van der Waals surface area contributed by atoms with Crippen molar-refractivity contribution >= 4 is 21.9 Å². The van der Waals surface area contributed by atoms with Crippen LogP contribution in [0.3, 0.4) is 0 Å². The van der Waals surface area contributed by atoms with Gasteiger partial charge in [0, 0.05) is 11.8 Å². The smallest absolute Gasteiger partial charge is 0.107 e. The second kappa shape index (κ2) is 5.39. The Balaban J connectivity index is 1.90. The first-order chi connectivity index (χ1) is 9.38. The normalized spacial score (nSPS) is 11.4. The summed E-state index contributed by atoms with van der Waals surface area (Å²) in [5, 5.41) is 1.14. The van der Waals surface area contributed by atoms with Gasteiger partial charge in [-0.3, -0.25) is 4.98 Å². The number of fused-ring (bicyclic) bond motifs is 3. The van der Waals surface area contributed by atoms with Crippen LogP contribution < -0.4 is 0 Å². The Labute approximate surface area is 113 Å². The number of nitrogens with one attached hydrogen (secondary N) is 1. The van der Waals surface area contributed by atoms with Gasteiger partial charge < -0.3 is 4.98 Å². The number of aromatic amines is 1. The van der Waals surface area contributed by atoms with Crippen LogP contribution in [0, 0.1) is 0 Å². The molecule has 0 bridgehead atoms. The molecule has 0 atom stereocenters. The van der Waals surface area contributed by atoms with Crippen LogP contribution in [-0.4, -0.2) is 15.0 Å². The average Bonchev–Trinajstić information content (AvgIpc) is 2.87. The number of benzene rings is 1. The van der Waals surface area contributed by atoms with Gasteiger partial charge in [0.15, 0.2) is 0 Å². The molecule has 0 amide bonds. The van der Waals surface area contributed by atoms with Gasteiger partial charge in [0.1, 0.15) is 5.82 Å². The van der Waals surface area contributed by atoms with Gasteiger partial charge in [0.25, 0.3) is 0 Å². The van der Waals surface area contributed by atoms with Crippen molar-refractivity contribution in [2.75, 3.05) is 0 Å². The first-order valence-corrected chi connectivity index (χ1v) is 7.11. The Bertz CT molecular complexity index is 685. The van der Waals surface area contributed by atoms with E-state index in [9.17, 15) is 0 Å². The first-order valence-electron chi connectivity index (χ1n) is 7.11. The van der Waals surface area contributed by atoms with Crippen molar-refractivity contribution in [2.24, 2.45) is 0 Å². The van der Waals surface area contributed by atoms with Crippen molar-refractivity contribution < 1.29 is 0 Å². The molecule has 2 heterocycles. The van der Waals surface area contributed by atoms with Gasteiger partial charge in [-0.05, 0) is 12.5 Å². The van der Waals surface area contributed by atoms with Gasteiger partial charge in [-0.15, -0.1) is 0 Å². The highest BCUT2D eigenvalue weighted by Crippen LogP contribution is 2.21. The Morgan fingerprint density at radius 2 is 2.00 bits per heavy atom. The van der Waals surface area contributed by atoms with Crippen LogP contribution in [0.25, 0.3) is 21.9 Å². The zero-order valence-corrected chi connectivity index (χ0v) is 11.3. The van der Waals surface area contributed by atoms with Crippen LogP contribution >= 0.6 is 0 Å². The van der Waals surface area contributed by atoms with E-state index in [4.69, 9.17) is 4.98 Å². The molecule has 3 nitrogen and oxygen atoms in total. The molecule has 1 N–H and O–H groups in total. The van der Waals surface area contributed by atoms with Crippen LogP contribution in [0.15, 0.2) is 30.5 Å². The number of imidazole rings is 1. The summed E-state index contributed by atoms with van der Waals surface area (Å²) in [6, 6.07) is 8.18. The SMILES string of the molecule is CCCCCCc1nc2c(cnc3ccccc32)[nH]1. The number of H-pyrrole nitrogens is 1. The van der Waals surface area contributed by atoms with Crippen molar-refractivity contribution in [3.8, 4) is 0 Å². The Morgan fingerprint density at radius 1 is 1.11 bits per heavy atom. The molecule has 0 aliphatic rings. The molecule has 0 unspecified atom stereocenters. The van der Waals surface area contributed by atoms with E-state index in [0.717, 1.165) is 34.2 Å². The minimum absolute atomic E-state index is 1.01. The molecular formula is C16H19N3. The minimum atomic E-state index is 1.01. The predicted molar refractivity (Wildman–Crippen MR) is 79.2 cm³/mol. The van der Waals surface area contributed by atoms with Gasteiger partial charge in [-0.25, -0.2) is 4.98 Å². The molecular weight excluding hydrogens is 234 g/mol. The number of unbranched alkanes of at least 4 members (excludes halogenated alkanes) is 3. The topological polar surface area (TPSA) is 41.6 Å². The van der Waals surface area contributed by atoms with Gasteiger partial charge in [-0.1, -0.05) is 44.4 Å². The molecule has 3 rings (SSSR count). The Hall–Kier alpha value is -1.90. The first kappa shape index (κ1) is 12.2. The largest absolute Gasteiger partial charge is 0.341 e. The number of nitrogens with zero attached hydrogens (tertiary/aromatic N) is 2. The van der Waals surface area contributed by atoms with Gasteiger partial charge in [0.05, 0.1) is 22.7 Å². The van der Waals surface area contributed by atoms with Gasteiger partial charge in [-0.2, -0.15) is 0 Å². The lowest BCUT2D eigenvalue weighted by Crippen LogP contribution is -1.88. The molecule has 0 fully saturated rings. The fourth-order valence-corrected chi connectivity index (χ4v) is 2.49. The van der Waals surface area contributed by atoms with E-state index in [0.29, 0.717) is 0 Å². The lowest BCUT2D eigenvalue weighted by Gasteiger charge is -1.96. The highest BCUT2D eigenvalue weighted by Gasteiger charge is 2.06. The number of hydrogen-bond donors (Lipinski definition) is 1. The molecule has 1 aromatic carbocycles. The van der Waals surface area contributed by atoms with Crippen LogP contribution in [-0.2, 0) is 6.42 Å². The summed E-state index contributed by atoms with van der Waals surface area (Å²) in [6.07, 6.45) is 7.99. The van der Waals surface area contributed by atoms with E-state index >= 15 is 0 Å². The summed E-state index contributed by atoms with van der Waals surface area (Å²) in [6.45, 7) is 2.24. The maximum absolute atomic E-state index is 4.74. The van der Waals surface area contributed by atoms with E-state index in [2.05, 4.69) is 23.0 Å². The molecule has 2 aromatic heterocycles. The third-order valence-electron chi connectivity index (χ3n) is 3.54. The van der Waals surface area contributed by atoms with Gasteiger partial charge >= 0.3 is 0 Å². The van der Waals surface area contributed by atoms with Crippen LogP contribution in [0.4, 0.5) is 0 Å². The number of hydrogen-bond acceptors (Lipinski definition) is 2. The monoisotopic (exact) mass is 253 g/mol. The maximum Gasteiger partial charge on any atom is 0.107 e. The van der Waals surface area contributed by atoms with Crippen LogP contribution in [0.5, 0.6) is 0 Å². The molecule has 0 aliphatic carbocycles. The third-order valence-corrected chi connectivity index (χ3v) is 3.54. The average molecular weight is 253 g/mol. The summed E-state index contributed by atoms with van der Waals surface area (Å²) >= 11 is 0. The molecule has 0 aliphatic heterocycles. The molecule has 3 aromatic rings. The van der Waals surface area contributed by atoms with Crippen LogP contribution in [0.1, 0.15) is 38.4 Å². The van der Waals surface area contributed by atoms with Crippen molar-refractivity contribution in [2.45, 2.75) is 39.0 Å². The molecule has 0 saturated carbocycles. The highest BCUT2D eigenvalue weighted by molar-refractivity contribution is 6.01. The van der Waals surface area contributed by atoms with Crippen molar-refractivity contribution in [1.29, 1.82) is 0 Å². The number of aryl methyl sites for hydroxylation is 1. The van der Waals surface area contributed by atoms with Gasteiger partial charge in [0.2, 0.25) is 0 Å². The fourth-order valence-electron chi connectivity index (χ4n) is 2.49. The number of pyridine rings is 1. The van der Waals surface area contributed by atoms with E-state index in [1.807, 2.05) is 24.4 Å². The third kappa shape index (κ3) is 2.46. The summed E-state index contributed by atoms with van der Waals surface area (Å²) in [5.74, 6) is 1.09. The highest BCUT2D eigenvalue weighted by atomic mass is 14.9. The molecule has 0 saturated heterocycles. The summed E-state index contributed by atoms with van der Waals surface area (Å²) in [7, 11) is 0. The van der Waals surface area contributed by atoms with Crippen molar-refractivity contribution in [3.05, 3.63) is 36.3 Å². The lowest BCUT2D eigenvalue weighted by atomic mass is 10.1. The lowest BCUT2D eigenvalue weighted by molar-refractivity contribution is 0.656. The quantitative estimate of drug-likeness (QED) is 0.691. The Morgan fingerprint density at radius 3 is 2.89 bits per heavy atom. The molecule has 98 valence electrons. The van der Waals surface area contributed by atoms with Crippen molar-refractivity contribution in [1.82, 2.24) is 15.0 Å². The fraction of sp³-hybridized carbons (Fsp3) is 0.375. The zero-order valence-electron chi connectivity index (χ0n) is 11.3. The summed E-state index contributed by atoms with van der Waals surface area (Å²) in [4.78, 5) is 12.6. The van der Waals surface area contributed by atoms with E-state index < -0.39 is 0 Å². The number of aromatic nitrogens is 3. The molecule has 19 heavy (non-hydrogen) atoms. The molecule has 0 radical (unpaired) electrons. The second-order valence-corrected chi connectivity index (χ2v) is 5.03. The minimum Gasteiger partial charge on any atom is -0.341 e. The summed E-state index contributed by atoms with van der Waals surface area (Å²) in [5.41, 5.74) is 3.11. The van der Waals surface area contributed by atoms with E-state index in [1.54, 1.807) is 0 Å². The Kier molecular flexibility index (Phi) is 3.45. The number of rotatable bonds is 5. The zero-order chi connectivity index (χ0) is 13.1. The maximum atomic E-state index is 4.74. The summed E-state index contributed by atoms with van der Waals surface area (Å²) < 4.78 is 0. The molecule has 0 spiro atoms. The predicted octanol–water partition coefficient (Wildman–Crippen LogP) is 4.23. The van der Waals surface area contributed by atoms with E-state index in [-0.39, 0.29) is 0 Å². The second-order valence-electron chi connectivity index (χ2n) is 5.03. The van der Waals surface area contributed by atoms with Crippen LogP contribution in [0.2, 0.25) is 0 Å².